The Labute approximate surface area is 132 Å². The average Bonchev–Trinajstić information content (AvgIpc) is 2.91. The summed E-state index contributed by atoms with van der Waals surface area (Å²) in [6.07, 6.45) is 0.642. The normalized spacial score (nSPS) is 11.9. The largest absolute Gasteiger partial charge is 0.480 e. The summed E-state index contributed by atoms with van der Waals surface area (Å²) in [6, 6.07) is 9.69. The van der Waals surface area contributed by atoms with Crippen LogP contribution in [0.3, 0.4) is 0 Å². The van der Waals surface area contributed by atoms with Crippen molar-refractivity contribution in [2.75, 3.05) is 0 Å². The maximum atomic E-state index is 11.9. The van der Waals surface area contributed by atoms with Crippen LogP contribution in [0.15, 0.2) is 40.9 Å². The quantitative estimate of drug-likeness (QED) is 0.814. The van der Waals surface area contributed by atoms with Crippen LogP contribution in [0.4, 0.5) is 0 Å². The van der Waals surface area contributed by atoms with Gasteiger partial charge in [0, 0.05) is 25.3 Å². The molecule has 0 saturated heterocycles. The Bertz CT molecular complexity index is 642. The summed E-state index contributed by atoms with van der Waals surface area (Å²) in [5.74, 6) is -0.953. The van der Waals surface area contributed by atoms with Crippen molar-refractivity contribution in [3.8, 4) is 0 Å². The lowest BCUT2D eigenvalue weighted by Crippen LogP contribution is -2.42. The number of nitrogens with one attached hydrogen (secondary N) is 1. The van der Waals surface area contributed by atoms with Gasteiger partial charge in [0.15, 0.2) is 5.15 Å². The molecule has 1 aromatic heterocycles. The van der Waals surface area contributed by atoms with Gasteiger partial charge >= 0.3 is 5.97 Å². The van der Waals surface area contributed by atoms with Gasteiger partial charge in [-0.2, -0.15) is 0 Å². The fourth-order valence-electron chi connectivity index (χ4n) is 1.96. The van der Waals surface area contributed by atoms with Crippen molar-refractivity contribution in [3.05, 3.63) is 52.9 Å². The first-order valence-corrected chi connectivity index (χ1v) is 7.09. The minimum Gasteiger partial charge on any atom is -0.480 e. The number of aliphatic carboxylic acids is 1. The lowest BCUT2D eigenvalue weighted by Gasteiger charge is -2.14. The van der Waals surface area contributed by atoms with Crippen LogP contribution in [0.1, 0.15) is 17.7 Å². The Morgan fingerprint density at radius 3 is 2.64 bits per heavy atom. The third-order valence-corrected chi connectivity index (χ3v) is 3.22. The van der Waals surface area contributed by atoms with E-state index in [0.717, 1.165) is 5.56 Å². The second kappa shape index (κ2) is 7.61. The monoisotopic (exact) mass is 322 g/mol. The van der Waals surface area contributed by atoms with Crippen molar-refractivity contribution >= 4 is 23.5 Å². The molecule has 2 rings (SSSR count). The number of aromatic nitrogens is 1. The standard InChI is InChI=1S/C15H15ClN2O4/c16-13-9-11(22-18-13)6-7-14(19)17-12(15(20)21)8-10-4-2-1-3-5-10/h1-5,9,12H,6-8H2,(H,17,19)(H,20,21)/t12-/m0/s1. The molecule has 116 valence electrons. The van der Waals surface area contributed by atoms with Crippen molar-refractivity contribution in [2.45, 2.75) is 25.3 Å². The first kappa shape index (κ1) is 16.0. The molecule has 22 heavy (non-hydrogen) atoms. The third kappa shape index (κ3) is 4.89. The van der Waals surface area contributed by atoms with Crippen molar-refractivity contribution in [2.24, 2.45) is 0 Å². The van der Waals surface area contributed by atoms with Gasteiger partial charge in [-0.25, -0.2) is 4.79 Å². The maximum absolute atomic E-state index is 11.9. The molecule has 7 heteroatoms. The number of benzene rings is 1. The summed E-state index contributed by atoms with van der Waals surface area (Å²) in [5, 5.41) is 15.4. The lowest BCUT2D eigenvalue weighted by molar-refractivity contribution is -0.141. The molecule has 1 amide bonds. The van der Waals surface area contributed by atoms with Crippen LogP contribution in [0.5, 0.6) is 0 Å². The predicted octanol–water partition coefficient (Wildman–Crippen LogP) is 2.07. The molecule has 6 nitrogen and oxygen atoms in total. The van der Waals surface area contributed by atoms with E-state index in [4.69, 9.17) is 16.1 Å². The number of carboxylic acid groups (broad SMARTS) is 1. The Balaban J connectivity index is 1.87. The van der Waals surface area contributed by atoms with E-state index in [1.54, 1.807) is 0 Å². The molecule has 2 N–H and O–H groups in total. The van der Waals surface area contributed by atoms with Crippen LogP contribution in [0.25, 0.3) is 0 Å². The molecule has 0 unspecified atom stereocenters. The highest BCUT2D eigenvalue weighted by Gasteiger charge is 2.20. The van der Waals surface area contributed by atoms with Gasteiger partial charge in [0.25, 0.3) is 0 Å². The molecule has 1 heterocycles. The second-order valence-electron chi connectivity index (χ2n) is 4.76. The lowest BCUT2D eigenvalue weighted by atomic mass is 10.1. The number of carboxylic acids is 1. The van der Waals surface area contributed by atoms with Gasteiger partial charge in [-0.1, -0.05) is 47.1 Å². The molecule has 0 radical (unpaired) electrons. The molecular weight excluding hydrogens is 308 g/mol. The molecule has 1 aromatic carbocycles. The number of carbonyl (C=O) groups is 2. The molecule has 0 spiro atoms. The topological polar surface area (TPSA) is 92.4 Å². The Hall–Kier alpha value is -2.34. The van der Waals surface area contributed by atoms with Crippen LogP contribution < -0.4 is 5.32 Å². The zero-order valence-electron chi connectivity index (χ0n) is 11.7. The van der Waals surface area contributed by atoms with Crippen LogP contribution in [0, 0.1) is 0 Å². The molecule has 0 saturated carbocycles. The first-order valence-electron chi connectivity index (χ1n) is 6.72. The number of nitrogens with zero attached hydrogens (tertiary/aromatic N) is 1. The van der Waals surface area contributed by atoms with E-state index < -0.39 is 12.0 Å². The predicted molar refractivity (Wildman–Crippen MR) is 79.5 cm³/mol. The van der Waals surface area contributed by atoms with E-state index in [9.17, 15) is 14.7 Å². The summed E-state index contributed by atoms with van der Waals surface area (Å²) < 4.78 is 4.88. The van der Waals surface area contributed by atoms with Gasteiger partial charge in [0.2, 0.25) is 5.91 Å². The van der Waals surface area contributed by atoms with Gasteiger partial charge in [-0.15, -0.1) is 0 Å². The fraction of sp³-hybridized carbons (Fsp3) is 0.267. The van der Waals surface area contributed by atoms with Gasteiger partial charge in [0.05, 0.1) is 0 Å². The third-order valence-electron chi connectivity index (χ3n) is 3.04. The summed E-state index contributed by atoms with van der Waals surface area (Å²) in [4.78, 5) is 23.1. The van der Waals surface area contributed by atoms with E-state index in [1.807, 2.05) is 30.3 Å². The number of amides is 1. The number of rotatable bonds is 7. The number of carbonyl (C=O) groups excluding carboxylic acids is 1. The van der Waals surface area contributed by atoms with E-state index in [0.29, 0.717) is 12.2 Å². The number of hydrogen-bond acceptors (Lipinski definition) is 4. The molecule has 0 bridgehead atoms. The van der Waals surface area contributed by atoms with E-state index in [1.165, 1.54) is 6.07 Å². The highest BCUT2D eigenvalue weighted by Crippen LogP contribution is 2.11. The molecule has 0 aliphatic carbocycles. The fourth-order valence-corrected chi connectivity index (χ4v) is 2.11. The highest BCUT2D eigenvalue weighted by molar-refractivity contribution is 6.29. The van der Waals surface area contributed by atoms with Crippen molar-refractivity contribution in [1.82, 2.24) is 10.5 Å². The van der Waals surface area contributed by atoms with Gasteiger partial charge < -0.3 is 14.9 Å². The van der Waals surface area contributed by atoms with Gasteiger partial charge in [0.1, 0.15) is 11.8 Å². The minimum atomic E-state index is -1.07. The van der Waals surface area contributed by atoms with Gasteiger partial charge in [-0.05, 0) is 5.56 Å². The highest BCUT2D eigenvalue weighted by atomic mass is 35.5. The molecule has 0 aliphatic rings. The van der Waals surface area contributed by atoms with Crippen LogP contribution in [-0.4, -0.2) is 28.2 Å². The Kier molecular flexibility index (Phi) is 5.55. The number of aryl methyl sites for hydroxylation is 1. The van der Waals surface area contributed by atoms with Crippen molar-refractivity contribution in [3.63, 3.8) is 0 Å². The van der Waals surface area contributed by atoms with Gasteiger partial charge in [-0.3, -0.25) is 4.79 Å². The second-order valence-corrected chi connectivity index (χ2v) is 5.15. The van der Waals surface area contributed by atoms with E-state index in [2.05, 4.69) is 10.5 Å². The SMILES string of the molecule is O=C(CCc1cc(Cl)no1)N[C@@H](Cc1ccccc1)C(=O)O. The van der Waals surface area contributed by atoms with E-state index in [-0.39, 0.29) is 23.9 Å². The van der Waals surface area contributed by atoms with Crippen molar-refractivity contribution < 1.29 is 19.2 Å². The summed E-state index contributed by atoms with van der Waals surface area (Å²) >= 11 is 5.61. The first-order chi connectivity index (χ1) is 10.5. The van der Waals surface area contributed by atoms with Crippen LogP contribution in [0.2, 0.25) is 5.15 Å². The molecule has 0 aliphatic heterocycles. The Morgan fingerprint density at radius 1 is 1.32 bits per heavy atom. The minimum absolute atomic E-state index is 0.101. The maximum Gasteiger partial charge on any atom is 0.326 e. The summed E-state index contributed by atoms with van der Waals surface area (Å²) in [5.41, 5.74) is 0.845. The van der Waals surface area contributed by atoms with Crippen LogP contribution in [-0.2, 0) is 22.4 Å². The smallest absolute Gasteiger partial charge is 0.326 e. The summed E-state index contributed by atoms with van der Waals surface area (Å²) in [7, 11) is 0. The molecular formula is C15H15ClN2O4. The zero-order valence-corrected chi connectivity index (χ0v) is 12.4. The Morgan fingerprint density at radius 2 is 2.05 bits per heavy atom. The van der Waals surface area contributed by atoms with E-state index >= 15 is 0 Å². The number of halogens is 1. The molecule has 1 atom stereocenters. The summed E-state index contributed by atoms with van der Waals surface area (Å²) in [6.45, 7) is 0. The molecule has 2 aromatic rings. The van der Waals surface area contributed by atoms with Crippen molar-refractivity contribution in [1.29, 1.82) is 0 Å². The van der Waals surface area contributed by atoms with Crippen LogP contribution >= 0.6 is 11.6 Å². The average molecular weight is 323 g/mol. The zero-order chi connectivity index (χ0) is 15.9. The molecule has 0 fully saturated rings. The number of hydrogen-bond donors (Lipinski definition) is 2.